The quantitative estimate of drug-likeness (QED) is 0.584. The molecule has 0 radical (unpaired) electrons. The maximum atomic E-state index is 12.3. The summed E-state index contributed by atoms with van der Waals surface area (Å²) in [6.07, 6.45) is -1.10. The van der Waals surface area contributed by atoms with Crippen LogP contribution in [0.25, 0.3) is 0 Å². The van der Waals surface area contributed by atoms with Gasteiger partial charge in [0.05, 0.1) is 20.6 Å². The van der Waals surface area contributed by atoms with Gasteiger partial charge in [-0.25, -0.2) is 4.79 Å². The Morgan fingerprint density at radius 2 is 1.77 bits per heavy atom. The fraction of sp³-hybridized carbons (Fsp3) is 0.176. The summed E-state index contributed by atoms with van der Waals surface area (Å²) in [5.41, 5.74) is 0.379. The lowest BCUT2D eigenvalue weighted by Gasteiger charge is -2.15. The van der Waals surface area contributed by atoms with Gasteiger partial charge in [-0.2, -0.15) is 0 Å². The Bertz CT molecular complexity index is 887. The second-order valence-electron chi connectivity index (χ2n) is 5.32. The molecular weight excluding hydrogens is 405 g/mol. The minimum Gasteiger partial charge on any atom is -0.454 e. The van der Waals surface area contributed by atoms with Gasteiger partial charge in [-0.1, -0.05) is 34.8 Å². The monoisotopic (exact) mass is 415 g/mol. The summed E-state index contributed by atoms with van der Waals surface area (Å²) in [5.74, 6) is -0.278. The number of fused-ring (bicyclic) bond motifs is 1. The third-order valence-corrected chi connectivity index (χ3v) is 4.66. The molecule has 1 heterocycles. The molecule has 0 saturated heterocycles. The zero-order valence-corrected chi connectivity index (χ0v) is 15.6. The molecular formula is C17H12Cl3NO5. The van der Waals surface area contributed by atoms with Gasteiger partial charge in [0.1, 0.15) is 0 Å². The molecule has 1 aliphatic heterocycles. The molecule has 1 amide bonds. The molecule has 6 nitrogen and oxygen atoms in total. The number of carbonyl (C=O) groups is 2. The minimum absolute atomic E-state index is 0.0347. The van der Waals surface area contributed by atoms with Crippen molar-refractivity contribution in [1.29, 1.82) is 0 Å². The lowest BCUT2D eigenvalue weighted by Crippen LogP contribution is -2.30. The summed E-state index contributed by atoms with van der Waals surface area (Å²) in [6, 6.07) is 7.80. The van der Waals surface area contributed by atoms with Crippen molar-refractivity contribution in [2.24, 2.45) is 0 Å². The topological polar surface area (TPSA) is 73.9 Å². The Labute approximate surface area is 163 Å². The van der Waals surface area contributed by atoms with E-state index in [1.54, 1.807) is 18.2 Å². The van der Waals surface area contributed by atoms with Gasteiger partial charge in [-0.05, 0) is 31.2 Å². The molecule has 1 N–H and O–H groups in total. The summed E-state index contributed by atoms with van der Waals surface area (Å²) in [5, 5.41) is 2.82. The Morgan fingerprint density at radius 1 is 1.08 bits per heavy atom. The number of hydrogen-bond acceptors (Lipinski definition) is 5. The number of benzene rings is 2. The Kier molecular flexibility index (Phi) is 5.46. The number of rotatable bonds is 4. The number of ether oxygens (including phenoxy) is 3. The molecule has 3 rings (SSSR count). The van der Waals surface area contributed by atoms with Crippen molar-refractivity contribution in [3.63, 3.8) is 0 Å². The summed E-state index contributed by atoms with van der Waals surface area (Å²) in [7, 11) is 0. The van der Waals surface area contributed by atoms with E-state index in [9.17, 15) is 9.59 Å². The second-order valence-corrected chi connectivity index (χ2v) is 6.52. The predicted octanol–water partition coefficient (Wildman–Crippen LogP) is 4.56. The fourth-order valence-electron chi connectivity index (χ4n) is 2.21. The summed E-state index contributed by atoms with van der Waals surface area (Å²) < 4.78 is 15.6. The summed E-state index contributed by atoms with van der Waals surface area (Å²) in [4.78, 5) is 24.6. The number of carbonyl (C=O) groups excluding carboxylic acids is 2. The van der Waals surface area contributed by atoms with Crippen LogP contribution in [0.5, 0.6) is 11.5 Å². The molecule has 0 spiro atoms. The van der Waals surface area contributed by atoms with E-state index in [-0.39, 0.29) is 27.4 Å². The maximum Gasteiger partial charge on any atom is 0.342 e. The number of hydrogen-bond donors (Lipinski definition) is 1. The third-order valence-electron chi connectivity index (χ3n) is 3.54. The summed E-state index contributed by atoms with van der Waals surface area (Å²) in [6.45, 7) is 1.55. The van der Waals surface area contributed by atoms with Crippen molar-refractivity contribution in [3.05, 3.63) is 51.0 Å². The van der Waals surface area contributed by atoms with Crippen molar-refractivity contribution in [3.8, 4) is 11.5 Å². The van der Waals surface area contributed by atoms with Crippen molar-refractivity contribution < 1.29 is 23.8 Å². The van der Waals surface area contributed by atoms with Gasteiger partial charge >= 0.3 is 5.97 Å². The normalized spacial score (nSPS) is 13.2. The van der Waals surface area contributed by atoms with Gasteiger partial charge in [0.15, 0.2) is 17.6 Å². The van der Waals surface area contributed by atoms with Crippen molar-refractivity contribution in [1.82, 2.24) is 0 Å². The van der Waals surface area contributed by atoms with E-state index < -0.39 is 18.0 Å². The van der Waals surface area contributed by atoms with Crippen LogP contribution in [-0.2, 0) is 9.53 Å². The van der Waals surface area contributed by atoms with Crippen LogP contribution in [0.15, 0.2) is 30.3 Å². The van der Waals surface area contributed by atoms with E-state index >= 15 is 0 Å². The Hall–Kier alpha value is -2.15. The molecule has 9 heteroatoms. The van der Waals surface area contributed by atoms with E-state index in [1.165, 1.54) is 19.1 Å². The number of esters is 1. The van der Waals surface area contributed by atoms with Crippen LogP contribution in [0.1, 0.15) is 17.3 Å². The number of nitrogens with one attached hydrogen (secondary N) is 1. The zero-order chi connectivity index (χ0) is 18.8. The zero-order valence-electron chi connectivity index (χ0n) is 13.3. The number of anilines is 1. The maximum absolute atomic E-state index is 12.3. The molecule has 0 saturated carbocycles. The van der Waals surface area contributed by atoms with Crippen LogP contribution in [-0.4, -0.2) is 24.8 Å². The highest BCUT2D eigenvalue weighted by molar-refractivity contribution is 6.46. The molecule has 0 bridgehead atoms. The predicted molar refractivity (Wildman–Crippen MR) is 97.5 cm³/mol. The largest absolute Gasteiger partial charge is 0.454 e. The SMILES string of the molecule is CC(OC(=O)c1c(Cl)ccc(Cl)c1Cl)C(=O)Nc1ccc2c(c1)OCO2. The Balaban J connectivity index is 1.68. The molecule has 26 heavy (non-hydrogen) atoms. The molecule has 0 aromatic heterocycles. The van der Waals surface area contributed by atoms with Crippen LogP contribution in [0.2, 0.25) is 15.1 Å². The summed E-state index contributed by atoms with van der Waals surface area (Å²) >= 11 is 17.9. The molecule has 2 aromatic rings. The van der Waals surface area contributed by atoms with Gasteiger partial charge in [-0.15, -0.1) is 0 Å². The molecule has 1 unspecified atom stereocenters. The highest BCUT2D eigenvalue weighted by Crippen LogP contribution is 2.34. The standard InChI is InChI=1S/C17H12Cl3NO5/c1-8(26-17(23)14-10(18)3-4-11(19)15(14)20)16(22)21-9-2-5-12-13(6-9)25-7-24-12/h2-6,8H,7H2,1H3,(H,21,22). The van der Waals surface area contributed by atoms with Crippen molar-refractivity contribution in [2.75, 3.05) is 12.1 Å². The van der Waals surface area contributed by atoms with Crippen LogP contribution in [0.3, 0.4) is 0 Å². The van der Waals surface area contributed by atoms with Gasteiger partial charge < -0.3 is 19.5 Å². The second kappa shape index (κ2) is 7.61. The first-order chi connectivity index (χ1) is 12.4. The fourth-order valence-corrected chi connectivity index (χ4v) is 2.89. The first-order valence-corrected chi connectivity index (χ1v) is 8.55. The van der Waals surface area contributed by atoms with Crippen molar-refractivity contribution in [2.45, 2.75) is 13.0 Å². The van der Waals surface area contributed by atoms with Gasteiger partial charge in [0, 0.05) is 11.8 Å². The van der Waals surface area contributed by atoms with E-state index in [0.717, 1.165) is 0 Å². The molecule has 2 aromatic carbocycles. The lowest BCUT2D eigenvalue weighted by molar-refractivity contribution is -0.123. The lowest BCUT2D eigenvalue weighted by atomic mass is 10.2. The van der Waals surface area contributed by atoms with E-state index in [4.69, 9.17) is 49.0 Å². The van der Waals surface area contributed by atoms with E-state index in [0.29, 0.717) is 17.2 Å². The van der Waals surface area contributed by atoms with Crippen LogP contribution < -0.4 is 14.8 Å². The van der Waals surface area contributed by atoms with E-state index in [2.05, 4.69) is 5.32 Å². The van der Waals surface area contributed by atoms with Crippen molar-refractivity contribution >= 4 is 52.4 Å². The minimum atomic E-state index is -1.10. The van der Waals surface area contributed by atoms with Gasteiger partial charge in [0.2, 0.25) is 6.79 Å². The molecule has 0 fully saturated rings. The number of halogens is 3. The molecule has 136 valence electrons. The third kappa shape index (κ3) is 3.82. The average molecular weight is 417 g/mol. The van der Waals surface area contributed by atoms with Gasteiger partial charge in [0.25, 0.3) is 5.91 Å². The van der Waals surface area contributed by atoms with Gasteiger partial charge in [-0.3, -0.25) is 4.79 Å². The highest BCUT2D eigenvalue weighted by Gasteiger charge is 2.24. The van der Waals surface area contributed by atoms with Crippen LogP contribution in [0, 0.1) is 0 Å². The Morgan fingerprint density at radius 3 is 2.54 bits per heavy atom. The average Bonchev–Trinajstić information content (AvgIpc) is 3.06. The first kappa shape index (κ1) is 18.6. The molecule has 1 atom stereocenters. The van der Waals surface area contributed by atoms with E-state index in [1.807, 2.05) is 0 Å². The number of amides is 1. The van der Waals surface area contributed by atoms with Crippen LogP contribution >= 0.6 is 34.8 Å². The molecule has 0 aliphatic carbocycles. The van der Waals surface area contributed by atoms with Crippen LogP contribution in [0.4, 0.5) is 5.69 Å². The highest BCUT2D eigenvalue weighted by atomic mass is 35.5. The first-order valence-electron chi connectivity index (χ1n) is 7.42. The molecule has 1 aliphatic rings. The smallest absolute Gasteiger partial charge is 0.342 e.